The van der Waals surface area contributed by atoms with Crippen LogP contribution in [0.3, 0.4) is 0 Å². The summed E-state index contributed by atoms with van der Waals surface area (Å²) in [6, 6.07) is 8.25. The van der Waals surface area contributed by atoms with E-state index >= 15 is 0 Å². The van der Waals surface area contributed by atoms with E-state index in [1.807, 2.05) is 13.0 Å². The van der Waals surface area contributed by atoms with Crippen molar-refractivity contribution in [1.29, 1.82) is 0 Å². The number of anilines is 2. The van der Waals surface area contributed by atoms with Gasteiger partial charge >= 0.3 is 0 Å². The maximum Gasteiger partial charge on any atom is 0.225 e. The lowest BCUT2D eigenvalue weighted by molar-refractivity contribution is 0.726. The van der Waals surface area contributed by atoms with E-state index in [1.165, 1.54) is 25.7 Å². The Labute approximate surface area is 153 Å². The van der Waals surface area contributed by atoms with E-state index in [0.29, 0.717) is 12.5 Å². The van der Waals surface area contributed by atoms with Crippen LogP contribution in [-0.4, -0.2) is 33.0 Å². The van der Waals surface area contributed by atoms with E-state index in [0.717, 1.165) is 41.2 Å². The number of aryl methyl sites for hydroxylation is 1. The predicted octanol–water partition coefficient (Wildman–Crippen LogP) is 3.72. The number of nitrogens with one attached hydrogen (secondary N) is 1. The highest BCUT2D eigenvalue weighted by molar-refractivity contribution is 5.90. The average molecular weight is 348 g/mol. The Morgan fingerprint density at radius 2 is 1.77 bits per heavy atom. The van der Waals surface area contributed by atoms with Gasteiger partial charge in [-0.25, -0.2) is 4.98 Å². The van der Waals surface area contributed by atoms with Crippen LogP contribution in [0.2, 0.25) is 0 Å². The van der Waals surface area contributed by atoms with E-state index < -0.39 is 0 Å². The van der Waals surface area contributed by atoms with Crippen molar-refractivity contribution in [3.05, 3.63) is 48.0 Å². The van der Waals surface area contributed by atoms with Crippen LogP contribution < -0.4 is 10.2 Å². The number of fused-ring (bicyclic) bond motifs is 1. The van der Waals surface area contributed by atoms with E-state index in [4.69, 9.17) is 4.98 Å². The summed E-state index contributed by atoms with van der Waals surface area (Å²) in [7, 11) is 0. The van der Waals surface area contributed by atoms with Crippen molar-refractivity contribution in [2.75, 3.05) is 23.3 Å². The summed E-state index contributed by atoms with van der Waals surface area (Å²) in [6.07, 6.45) is 8.62. The molecule has 26 heavy (non-hydrogen) atoms. The summed E-state index contributed by atoms with van der Waals surface area (Å²) < 4.78 is 0. The van der Waals surface area contributed by atoms with Crippen LogP contribution in [0, 0.1) is 6.92 Å². The van der Waals surface area contributed by atoms with Crippen molar-refractivity contribution in [2.45, 2.75) is 39.2 Å². The monoisotopic (exact) mass is 348 g/mol. The Morgan fingerprint density at radius 3 is 2.54 bits per heavy atom. The highest BCUT2D eigenvalue weighted by Crippen LogP contribution is 2.27. The lowest BCUT2D eigenvalue weighted by Crippen LogP contribution is -2.25. The SMILES string of the molecule is Cc1cnc(CNc2nc(N3CCCCCC3)c3ccccc3n2)cn1. The molecule has 0 saturated carbocycles. The number of hydrogen-bond acceptors (Lipinski definition) is 6. The highest BCUT2D eigenvalue weighted by atomic mass is 15.2. The second-order valence-corrected chi connectivity index (χ2v) is 6.79. The molecule has 134 valence electrons. The Balaban J connectivity index is 1.63. The Kier molecular flexibility index (Phi) is 4.91. The molecule has 0 amide bonds. The zero-order valence-corrected chi connectivity index (χ0v) is 15.1. The molecular formula is C20H24N6. The molecule has 6 heteroatoms. The van der Waals surface area contributed by atoms with Gasteiger partial charge in [-0.1, -0.05) is 25.0 Å². The van der Waals surface area contributed by atoms with Crippen LogP contribution in [0.1, 0.15) is 37.1 Å². The van der Waals surface area contributed by atoms with Gasteiger partial charge in [0.05, 0.1) is 29.6 Å². The smallest absolute Gasteiger partial charge is 0.225 e. The second kappa shape index (κ2) is 7.64. The number of benzene rings is 1. The molecule has 1 N–H and O–H groups in total. The highest BCUT2D eigenvalue weighted by Gasteiger charge is 2.16. The van der Waals surface area contributed by atoms with Gasteiger partial charge in [-0.15, -0.1) is 0 Å². The molecule has 6 nitrogen and oxygen atoms in total. The minimum atomic E-state index is 0.561. The number of rotatable bonds is 4. The number of para-hydroxylation sites is 1. The van der Waals surface area contributed by atoms with Gasteiger partial charge in [-0.3, -0.25) is 9.97 Å². The third-order valence-electron chi connectivity index (χ3n) is 4.75. The van der Waals surface area contributed by atoms with Gasteiger partial charge in [-0.05, 0) is 31.9 Å². The molecule has 1 aliphatic heterocycles. The molecule has 1 saturated heterocycles. The summed E-state index contributed by atoms with van der Waals surface area (Å²) in [5.74, 6) is 1.68. The summed E-state index contributed by atoms with van der Waals surface area (Å²) >= 11 is 0. The van der Waals surface area contributed by atoms with E-state index in [1.54, 1.807) is 12.4 Å². The fourth-order valence-electron chi connectivity index (χ4n) is 3.34. The van der Waals surface area contributed by atoms with E-state index in [-0.39, 0.29) is 0 Å². The zero-order chi connectivity index (χ0) is 17.8. The van der Waals surface area contributed by atoms with Crippen molar-refractivity contribution >= 4 is 22.7 Å². The summed E-state index contributed by atoms with van der Waals surface area (Å²) in [5.41, 5.74) is 2.77. The third kappa shape index (κ3) is 3.74. The van der Waals surface area contributed by atoms with Gasteiger partial charge in [0.25, 0.3) is 0 Å². The Hall–Kier alpha value is -2.76. The van der Waals surface area contributed by atoms with Gasteiger partial charge in [0.1, 0.15) is 5.82 Å². The van der Waals surface area contributed by atoms with Crippen molar-refractivity contribution in [3.8, 4) is 0 Å². The fraction of sp³-hybridized carbons (Fsp3) is 0.400. The third-order valence-corrected chi connectivity index (χ3v) is 4.75. The van der Waals surface area contributed by atoms with Crippen molar-refractivity contribution in [1.82, 2.24) is 19.9 Å². The largest absolute Gasteiger partial charge is 0.356 e. The molecule has 0 aliphatic carbocycles. The summed E-state index contributed by atoms with van der Waals surface area (Å²) in [5, 5.41) is 4.44. The predicted molar refractivity (Wildman–Crippen MR) is 104 cm³/mol. The number of hydrogen-bond donors (Lipinski definition) is 1. The van der Waals surface area contributed by atoms with Crippen molar-refractivity contribution in [2.24, 2.45) is 0 Å². The van der Waals surface area contributed by atoms with Crippen molar-refractivity contribution in [3.63, 3.8) is 0 Å². The first kappa shape index (κ1) is 16.7. The van der Waals surface area contributed by atoms with Crippen LogP contribution in [0.4, 0.5) is 11.8 Å². The summed E-state index contributed by atoms with van der Waals surface area (Å²) in [4.78, 5) is 20.6. The molecule has 3 heterocycles. The Morgan fingerprint density at radius 1 is 0.962 bits per heavy atom. The second-order valence-electron chi connectivity index (χ2n) is 6.79. The van der Waals surface area contributed by atoms with Crippen LogP contribution in [0.25, 0.3) is 10.9 Å². The van der Waals surface area contributed by atoms with Gasteiger partial charge in [0, 0.05) is 24.7 Å². The molecule has 2 aromatic heterocycles. The molecular weight excluding hydrogens is 324 g/mol. The molecule has 1 fully saturated rings. The fourth-order valence-corrected chi connectivity index (χ4v) is 3.34. The topological polar surface area (TPSA) is 66.8 Å². The van der Waals surface area contributed by atoms with E-state index in [9.17, 15) is 0 Å². The molecule has 0 unspecified atom stereocenters. The minimum Gasteiger partial charge on any atom is -0.356 e. The van der Waals surface area contributed by atoms with Gasteiger partial charge in [-0.2, -0.15) is 4.98 Å². The normalized spacial score (nSPS) is 15.0. The van der Waals surface area contributed by atoms with Gasteiger partial charge < -0.3 is 10.2 Å². The van der Waals surface area contributed by atoms with Crippen LogP contribution >= 0.6 is 0 Å². The summed E-state index contributed by atoms with van der Waals surface area (Å²) in [6.45, 7) is 4.61. The number of aromatic nitrogens is 4. The molecule has 1 aromatic carbocycles. The first-order chi connectivity index (χ1) is 12.8. The van der Waals surface area contributed by atoms with Gasteiger partial charge in [0.15, 0.2) is 0 Å². The van der Waals surface area contributed by atoms with E-state index in [2.05, 4.69) is 43.4 Å². The minimum absolute atomic E-state index is 0.561. The molecule has 0 spiro atoms. The molecule has 0 bridgehead atoms. The molecule has 0 radical (unpaired) electrons. The maximum absolute atomic E-state index is 4.85. The quantitative estimate of drug-likeness (QED) is 0.775. The molecule has 1 aliphatic rings. The maximum atomic E-state index is 4.85. The first-order valence-electron chi connectivity index (χ1n) is 9.33. The molecule has 3 aromatic rings. The van der Waals surface area contributed by atoms with Crippen LogP contribution in [0.5, 0.6) is 0 Å². The standard InChI is InChI=1S/C20H24N6/c1-15-12-22-16(13-21-15)14-23-20-24-18-9-5-4-8-17(18)19(25-20)26-10-6-2-3-7-11-26/h4-5,8-9,12-13H,2-3,6-7,10-11,14H2,1H3,(H,23,24,25). The number of nitrogens with zero attached hydrogens (tertiary/aromatic N) is 5. The molecule has 0 atom stereocenters. The molecule has 4 rings (SSSR count). The van der Waals surface area contributed by atoms with Gasteiger partial charge in [0.2, 0.25) is 5.95 Å². The lowest BCUT2D eigenvalue weighted by Gasteiger charge is -2.23. The average Bonchev–Trinajstić information content (AvgIpc) is 2.96. The lowest BCUT2D eigenvalue weighted by atomic mass is 10.2. The first-order valence-corrected chi connectivity index (χ1v) is 9.33. The van der Waals surface area contributed by atoms with Crippen LogP contribution in [-0.2, 0) is 6.54 Å². The zero-order valence-electron chi connectivity index (χ0n) is 15.1. The van der Waals surface area contributed by atoms with Crippen molar-refractivity contribution < 1.29 is 0 Å². The van der Waals surface area contributed by atoms with Crippen LogP contribution in [0.15, 0.2) is 36.7 Å². The Bertz CT molecular complexity index is 869.